The fraction of sp³-hybridized carbons (Fsp3) is 0. The molecule has 2 heterocycles. The van der Waals surface area contributed by atoms with Gasteiger partial charge in [-0.2, -0.15) is 9.50 Å². The molecule has 0 amide bonds. The van der Waals surface area contributed by atoms with E-state index in [0.29, 0.717) is 17.0 Å². The van der Waals surface area contributed by atoms with Crippen molar-refractivity contribution >= 4 is 17.3 Å². The molecule has 3 aromatic rings. The number of anilines is 1. The van der Waals surface area contributed by atoms with Gasteiger partial charge in [0.25, 0.3) is 5.69 Å². The molecular weight excluding hydrogens is 248 g/mol. The van der Waals surface area contributed by atoms with E-state index in [1.54, 1.807) is 24.4 Å². The minimum Gasteiger partial charge on any atom is -0.366 e. The lowest BCUT2D eigenvalue weighted by atomic mass is 10.2. The molecule has 0 spiro atoms. The maximum Gasteiger partial charge on any atom is 0.270 e. The first-order chi connectivity index (χ1) is 9.15. The largest absolute Gasteiger partial charge is 0.366 e. The SMILES string of the molecule is Nc1nc2ccnc(-c3cccc([N+](=O)[O-])c3)n2n1. The van der Waals surface area contributed by atoms with E-state index in [1.807, 2.05) is 0 Å². The third-order valence-electron chi connectivity index (χ3n) is 2.58. The van der Waals surface area contributed by atoms with Gasteiger partial charge >= 0.3 is 0 Å². The van der Waals surface area contributed by atoms with Crippen LogP contribution in [0.1, 0.15) is 0 Å². The maximum absolute atomic E-state index is 10.8. The minimum absolute atomic E-state index is 0.00982. The molecule has 0 unspecified atom stereocenters. The first-order valence-corrected chi connectivity index (χ1v) is 5.37. The van der Waals surface area contributed by atoms with Crippen molar-refractivity contribution in [3.05, 3.63) is 46.6 Å². The van der Waals surface area contributed by atoms with Gasteiger partial charge in [0.05, 0.1) is 4.92 Å². The zero-order valence-corrected chi connectivity index (χ0v) is 9.59. The van der Waals surface area contributed by atoms with Gasteiger partial charge in [0.2, 0.25) is 5.95 Å². The van der Waals surface area contributed by atoms with Crippen LogP contribution in [0.4, 0.5) is 11.6 Å². The van der Waals surface area contributed by atoms with Crippen LogP contribution in [0.25, 0.3) is 17.0 Å². The predicted octanol–water partition coefficient (Wildman–Crippen LogP) is 1.28. The lowest BCUT2D eigenvalue weighted by molar-refractivity contribution is -0.384. The van der Waals surface area contributed by atoms with Crippen LogP contribution in [0.15, 0.2) is 36.5 Å². The number of fused-ring (bicyclic) bond motifs is 1. The number of nitrogens with zero attached hydrogens (tertiary/aromatic N) is 5. The molecule has 0 fully saturated rings. The molecule has 3 rings (SSSR count). The predicted molar refractivity (Wildman–Crippen MR) is 67.3 cm³/mol. The van der Waals surface area contributed by atoms with E-state index in [1.165, 1.54) is 16.6 Å². The molecule has 0 aliphatic carbocycles. The summed E-state index contributed by atoms with van der Waals surface area (Å²) in [6.07, 6.45) is 1.55. The lowest BCUT2D eigenvalue weighted by Crippen LogP contribution is -1.98. The Morgan fingerprint density at radius 3 is 2.95 bits per heavy atom. The Balaban J connectivity index is 2.24. The lowest BCUT2D eigenvalue weighted by Gasteiger charge is -2.02. The fourth-order valence-electron chi connectivity index (χ4n) is 1.79. The highest BCUT2D eigenvalue weighted by Gasteiger charge is 2.12. The fourth-order valence-corrected chi connectivity index (χ4v) is 1.79. The Morgan fingerprint density at radius 1 is 1.32 bits per heavy atom. The molecule has 0 saturated heterocycles. The number of nitrogens with two attached hydrogens (primary N) is 1. The van der Waals surface area contributed by atoms with Crippen molar-refractivity contribution in [1.82, 2.24) is 19.6 Å². The molecular formula is C11H8N6O2. The molecule has 2 N–H and O–H groups in total. The number of nitro benzene ring substituents is 1. The second-order valence-corrected chi connectivity index (χ2v) is 3.82. The molecule has 1 aromatic carbocycles. The highest BCUT2D eigenvalue weighted by atomic mass is 16.6. The summed E-state index contributed by atoms with van der Waals surface area (Å²) < 4.78 is 1.45. The second-order valence-electron chi connectivity index (χ2n) is 3.82. The third kappa shape index (κ3) is 1.84. The highest BCUT2D eigenvalue weighted by molar-refractivity contribution is 5.62. The smallest absolute Gasteiger partial charge is 0.270 e. The van der Waals surface area contributed by atoms with Gasteiger partial charge in [-0.05, 0) is 0 Å². The van der Waals surface area contributed by atoms with Crippen molar-refractivity contribution in [3.8, 4) is 11.4 Å². The molecule has 8 heteroatoms. The summed E-state index contributed by atoms with van der Waals surface area (Å²) in [5, 5.41) is 14.8. The molecule has 0 atom stereocenters. The number of aromatic nitrogens is 4. The topological polar surface area (TPSA) is 112 Å². The van der Waals surface area contributed by atoms with E-state index >= 15 is 0 Å². The van der Waals surface area contributed by atoms with Gasteiger partial charge in [-0.25, -0.2) is 4.98 Å². The van der Waals surface area contributed by atoms with Crippen molar-refractivity contribution in [3.63, 3.8) is 0 Å². The summed E-state index contributed by atoms with van der Waals surface area (Å²) in [6, 6.07) is 7.81. The number of nitrogen functional groups attached to an aromatic ring is 1. The zero-order chi connectivity index (χ0) is 13.4. The summed E-state index contributed by atoms with van der Waals surface area (Å²) in [5.74, 6) is 0.574. The average molecular weight is 256 g/mol. The zero-order valence-electron chi connectivity index (χ0n) is 9.59. The molecule has 2 aromatic heterocycles. The standard InChI is InChI=1S/C11H8N6O2/c12-11-14-9-4-5-13-10(16(9)15-11)7-2-1-3-8(6-7)17(18)19/h1-6H,(H2,12,15). The molecule has 8 nitrogen and oxygen atoms in total. The first kappa shape index (κ1) is 11.1. The van der Waals surface area contributed by atoms with Gasteiger partial charge < -0.3 is 5.73 Å². The van der Waals surface area contributed by atoms with Gasteiger partial charge in [0, 0.05) is 30.0 Å². The highest BCUT2D eigenvalue weighted by Crippen LogP contribution is 2.22. The molecule has 0 aliphatic heterocycles. The summed E-state index contributed by atoms with van der Waals surface area (Å²) >= 11 is 0. The molecule has 94 valence electrons. The minimum atomic E-state index is -0.459. The van der Waals surface area contributed by atoms with Crippen molar-refractivity contribution < 1.29 is 4.92 Å². The van der Waals surface area contributed by atoms with E-state index in [2.05, 4.69) is 15.1 Å². The van der Waals surface area contributed by atoms with Gasteiger partial charge in [-0.15, -0.1) is 5.10 Å². The van der Waals surface area contributed by atoms with Crippen LogP contribution < -0.4 is 5.73 Å². The van der Waals surface area contributed by atoms with Crippen LogP contribution in [0, 0.1) is 10.1 Å². The van der Waals surface area contributed by atoms with Crippen LogP contribution in [0.3, 0.4) is 0 Å². The third-order valence-corrected chi connectivity index (χ3v) is 2.58. The number of rotatable bonds is 2. The second kappa shape index (κ2) is 4.02. The summed E-state index contributed by atoms with van der Waals surface area (Å²) in [6.45, 7) is 0. The van der Waals surface area contributed by atoms with Gasteiger partial charge in [0.15, 0.2) is 11.5 Å². The van der Waals surface area contributed by atoms with Crippen molar-refractivity contribution in [2.75, 3.05) is 5.73 Å². The number of nitro groups is 1. The first-order valence-electron chi connectivity index (χ1n) is 5.37. The number of hydrogen-bond acceptors (Lipinski definition) is 6. The Hall–Kier alpha value is -3.03. The van der Waals surface area contributed by atoms with Gasteiger partial charge in [-0.3, -0.25) is 10.1 Å². The normalized spacial score (nSPS) is 10.7. The van der Waals surface area contributed by atoms with E-state index in [9.17, 15) is 10.1 Å². The van der Waals surface area contributed by atoms with Crippen LogP contribution >= 0.6 is 0 Å². The Bertz CT molecular complexity index is 782. The van der Waals surface area contributed by atoms with Crippen LogP contribution in [0.5, 0.6) is 0 Å². The maximum atomic E-state index is 10.8. The summed E-state index contributed by atoms with van der Waals surface area (Å²) in [5.41, 5.74) is 6.64. The molecule has 0 saturated carbocycles. The van der Waals surface area contributed by atoms with Gasteiger partial charge in [-0.1, -0.05) is 12.1 Å². The van der Waals surface area contributed by atoms with E-state index in [-0.39, 0.29) is 11.6 Å². The molecule has 0 bridgehead atoms. The number of hydrogen-bond donors (Lipinski definition) is 1. The average Bonchev–Trinajstić information content (AvgIpc) is 2.78. The van der Waals surface area contributed by atoms with Crippen LogP contribution in [0.2, 0.25) is 0 Å². The quantitative estimate of drug-likeness (QED) is 0.546. The molecule has 19 heavy (non-hydrogen) atoms. The molecule has 0 aliphatic rings. The van der Waals surface area contributed by atoms with Crippen LogP contribution in [-0.2, 0) is 0 Å². The van der Waals surface area contributed by atoms with Crippen molar-refractivity contribution in [2.24, 2.45) is 0 Å². The van der Waals surface area contributed by atoms with Crippen molar-refractivity contribution in [2.45, 2.75) is 0 Å². The van der Waals surface area contributed by atoms with Crippen LogP contribution in [-0.4, -0.2) is 24.5 Å². The van der Waals surface area contributed by atoms with Gasteiger partial charge in [0.1, 0.15) is 0 Å². The summed E-state index contributed by atoms with van der Waals surface area (Å²) in [7, 11) is 0. The van der Waals surface area contributed by atoms with Crippen molar-refractivity contribution in [1.29, 1.82) is 0 Å². The van der Waals surface area contributed by atoms with E-state index < -0.39 is 4.92 Å². The molecule has 0 radical (unpaired) electrons. The Labute approximate surface area is 106 Å². The number of non-ortho nitro benzene ring substituents is 1. The van der Waals surface area contributed by atoms with E-state index in [4.69, 9.17) is 5.73 Å². The summed E-state index contributed by atoms with van der Waals surface area (Å²) in [4.78, 5) is 18.5. The van der Waals surface area contributed by atoms with E-state index in [0.717, 1.165) is 0 Å². The number of benzene rings is 1. The Morgan fingerprint density at radius 2 is 2.16 bits per heavy atom. The Kier molecular flexibility index (Phi) is 2.34. The monoisotopic (exact) mass is 256 g/mol.